The van der Waals surface area contributed by atoms with Crippen LogP contribution in [0.25, 0.3) is 0 Å². The molecule has 1 aliphatic rings. The van der Waals surface area contributed by atoms with Crippen molar-refractivity contribution in [1.82, 2.24) is 5.32 Å². The largest absolute Gasteiger partial charge is 0.463 e. The zero-order valence-corrected chi connectivity index (χ0v) is 8.65. The van der Waals surface area contributed by atoms with Crippen LogP contribution < -0.4 is 5.32 Å². The average molecular weight is 201 g/mol. The van der Waals surface area contributed by atoms with Gasteiger partial charge in [-0.2, -0.15) is 11.8 Å². The lowest BCUT2D eigenvalue weighted by molar-refractivity contribution is -0.137. The first-order valence-corrected chi connectivity index (χ1v) is 5.67. The van der Waals surface area contributed by atoms with Gasteiger partial charge in [-0.3, -0.25) is 0 Å². The molecule has 1 N–H and O–H groups in total. The van der Waals surface area contributed by atoms with Crippen molar-refractivity contribution in [3.63, 3.8) is 0 Å². The summed E-state index contributed by atoms with van der Waals surface area (Å²) in [7, 11) is 0. The minimum atomic E-state index is -0.243. The molecule has 1 saturated heterocycles. The summed E-state index contributed by atoms with van der Waals surface area (Å²) >= 11 is 1.85. The smallest absolute Gasteiger partial charge is 0.332 e. The lowest BCUT2D eigenvalue weighted by Crippen LogP contribution is -2.16. The van der Waals surface area contributed by atoms with E-state index in [-0.39, 0.29) is 5.97 Å². The summed E-state index contributed by atoms with van der Waals surface area (Å²) in [5.74, 6) is 1.80. The van der Waals surface area contributed by atoms with Gasteiger partial charge in [-0.15, -0.1) is 0 Å². The number of hydrogen-bond acceptors (Lipinski definition) is 4. The molecular formula is C9H15NO2S. The summed E-state index contributed by atoms with van der Waals surface area (Å²) in [5.41, 5.74) is 0.987. The minimum absolute atomic E-state index is 0.243. The minimum Gasteiger partial charge on any atom is -0.463 e. The van der Waals surface area contributed by atoms with Gasteiger partial charge < -0.3 is 10.1 Å². The Morgan fingerprint density at radius 3 is 3.38 bits per heavy atom. The van der Waals surface area contributed by atoms with Crippen LogP contribution in [0.5, 0.6) is 0 Å². The number of carbonyl (C=O) groups is 1. The third-order valence-electron chi connectivity index (χ3n) is 1.65. The molecule has 0 aromatic rings. The molecule has 0 aliphatic carbocycles. The first-order chi connectivity index (χ1) is 6.33. The first kappa shape index (κ1) is 10.4. The van der Waals surface area contributed by atoms with Crippen LogP contribution in [0.4, 0.5) is 0 Å². The Bertz CT molecular complexity index is 194. The van der Waals surface area contributed by atoms with E-state index in [2.05, 4.69) is 5.32 Å². The highest BCUT2D eigenvalue weighted by Crippen LogP contribution is 2.10. The van der Waals surface area contributed by atoms with Crippen molar-refractivity contribution in [3.05, 3.63) is 11.8 Å². The number of carbonyl (C=O) groups excluding carboxylic acids is 1. The molecule has 0 radical (unpaired) electrons. The highest BCUT2D eigenvalue weighted by atomic mass is 32.2. The van der Waals surface area contributed by atoms with Crippen molar-refractivity contribution in [2.24, 2.45) is 0 Å². The van der Waals surface area contributed by atoms with Gasteiger partial charge in [-0.1, -0.05) is 0 Å². The zero-order valence-electron chi connectivity index (χ0n) is 7.84. The van der Waals surface area contributed by atoms with Crippen LogP contribution >= 0.6 is 11.8 Å². The Morgan fingerprint density at radius 2 is 2.62 bits per heavy atom. The molecular weight excluding hydrogens is 186 g/mol. The molecule has 0 atom stereocenters. The van der Waals surface area contributed by atoms with Crippen molar-refractivity contribution < 1.29 is 9.53 Å². The summed E-state index contributed by atoms with van der Waals surface area (Å²) in [4.78, 5) is 11.1. The topological polar surface area (TPSA) is 38.3 Å². The van der Waals surface area contributed by atoms with Crippen LogP contribution in [0.2, 0.25) is 0 Å². The van der Waals surface area contributed by atoms with Gasteiger partial charge >= 0.3 is 5.97 Å². The van der Waals surface area contributed by atoms with Crippen LogP contribution in [0.15, 0.2) is 11.8 Å². The van der Waals surface area contributed by atoms with Gasteiger partial charge in [0.15, 0.2) is 0 Å². The number of hydrogen-bond donors (Lipinski definition) is 1. The average Bonchev–Trinajstić information content (AvgIpc) is 2.33. The molecule has 74 valence electrons. The van der Waals surface area contributed by atoms with E-state index < -0.39 is 0 Å². The molecule has 0 unspecified atom stereocenters. The molecule has 1 heterocycles. The molecule has 0 bridgehead atoms. The molecule has 1 aliphatic heterocycles. The summed E-state index contributed by atoms with van der Waals surface area (Å²) in [6.45, 7) is 3.21. The second-order valence-electron chi connectivity index (χ2n) is 2.75. The lowest BCUT2D eigenvalue weighted by atomic mass is 10.4. The van der Waals surface area contributed by atoms with Gasteiger partial charge in [0.25, 0.3) is 0 Å². The second kappa shape index (κ2) is 5.91. The molecule has 3 nitrogen and oxygen atoms in total. The van der Waals surface area contributed by atoms with E-state index in [1.807, 2.05) is 18.7 Å². The summed E-state index contributed by atoms with van der Waals surface area (Å²) < 4.78 is 4.82. The molecule has 0 saturated carbocycles. The molecule has 1 rings (SSSR count). The molecule has 0 spiro atoms. The molecule has 0 aromatic carbocycles. The third kappa shape index (κ3) is 4.22. The fourth-order valence-electron chi connectivity index (χ4n) is 1.08. The SMILES string of the molecule is CCOC(=O)/C=C1\CSCCCN1. The Kier molecular flexibility index (Phi) is 4.75. The van der Waals surface area contributed by atoms with Crippen molar-refractivity contribution in [2.45, 2.75) is 13.3 Å². The van der Waals surface area contributed by atoms with Crippen LogP contribution in [0, 0.1) is 0 Å². The fourth-order valence-corrected chi connectivity index (χ4v) is 1.97. The summed E-state index contributed by atoms with van der Waals surface area (Å²) in [5, 5.41) is 3.21. The quantitative estimate of drug-likeness (QED) is 0.537. The normalized spacial score (nSPS) is 20.5. The van der Waals surface area contributed by atoms with Gasteiger partial charge in [0, 0.05) is 24.1 Å². The van der Waals surface area contributed by atoms with E-state index in [4.69, 9.17) is 4.74 Å². The maximum Gasteiger partial charge on any atom is 0.332 e. The van der Waals surface area contributed by atoms with E-state index in [9.17, 15) is 4.79 Å². The van der Waals surface area contributed by atoms with E-state index in [1.165, 1.54) is 0 Å². The van der Waals surface area contributed by atoms with E-state index in [0.29, 0.717) is 6.61 Å². The van der Waals surface area contributed by atoms with Gasteiger partial charge in [-0.05, 0) is 19.1 Å². The van der Waals surface area contributed by atoms with Gasteiger partial charge in [-0.25, -0.2) is 4.79 Å². The highest BCUT2D eigenvalue weighted by molar-refractivity contribution is 7.99. The predicted octanol–water partition coefficient (Wildman–Crippen LogP) is 1.16. The van der Waals surface area contributed by atoms with Gasteiger partial charge in [0.05, 0.1) is 6.61 Å². The first-order valence-electron chi connectivity index (χ1n) is 4.52. The molecule has 0 aromatic heterocycles. The van der Waals surface area contributed by atoms with E-state index >= 15 is 0 Å². The monoisotopic (exact) mass is 201 g/mol. The van der Waals surface area contributed by atoms with Crippen molar-refractivity contribution in [1.29, 1.82) is 0 Å². The van der Waals surface area contributed by atoms with E-state index in [1.54, 1.807) is 6.08 Å². The van der Waals surface area contributed by atoms with E-state index in [0.717, 1.165) is 30.2 Å². The number of ether oxygens (including phenoxy) is 1. The summed E-state index contributed by atoms with van der Waals surface area (Å²) in [6.07, 6.45) is 2.71. The van der Waals surface area contributed by atoms with Gasteiger partial charge in [0.2, 0.25) is 0 Å². The maximum atomic E-state index is 11.1. The molecule has 13 heavy (non-hydrogen) atoms. The standard InChI is InChI=1S/C9H15NO2S/c1-2-12-9(11)6-8-7-13-5-3-4-10-8/h6,10H,2-5,7H2,1H3/b8-6+. The molecule has 4 heteroatoms. The Labute approximate surface area is 82.9 Å². The Morgan fingerprint density at radius 1 is 1.77 bits per heavy atom. The van der Waals surface area contributed by atoms with Crippen LogP contribution in [0.3, 0.4) is 0 Å². The Balaban J connectivity index is 2.42. The predicted molar refractivity (Wildman–Crippen MR) is 54.7 cm³/mol. The van der Waals surface area contributed by atoms with Crippen LogP contribution in [0.1, 0.15) is 13.3 Å². The van der Waals surface area contributed by atoms with Crippen molar-refractivity contribution in [2.75, 3.05) is 24.7 Å². The zero-order chi connectivity index (χ0) is 9.52. The highest BCUT2D eigenvalue weighted by Gasteiger charge is 2.05. The number of thioether (sulfide) groups is 1. The van der Waals surface area contributed by atoms with Crippen molar-refractivity contribution >= 4 is 17.7 Å². The van der Waals surface area contributed by atoms with Crippen molar-refractivity contribution in [3.8, 4) is 0 Å². The lowest BCUT2D eigenvalue weighted by Gasteiger charge is -2.04. The summed E-state index contributed by atoms with van der Waals surface area (Å²) in [6, 6.07) is 0. The number of rotatable bonds is 2. The third-order valence-corrected chi connectivity index (χ3v) is 2.75. The fraction of sp³-hybridized carbons (Fsp3) is 0.667. The second-order valence-corrected chi connectivity index (χ2v) is 3.86. The maximum absolute atomic E-state index is 11.1. The number of nitrogens with one attached hydrogen (secondary N) is 1. The molecule has 0 amide bonds. The molecule has 1 fully saturated rings. The van der Waals surface area contributed by atoms with Crippen LogP contribution in [-0.4, -0.2) is 30.6 Å². The van der Waals surface area contributed by atoms with Crippen LogP contribution in [-0.2, 0) is 9.53 Å². The Hall–Kier alpha value is -0.640. The van der Waals surface area contributed by atoms with Gasteiger partial charge in [0.1, 0.15) is 0 Å². The number of esters is 1.